The van der Waals surface area contributed by atoms with Gasteiger partial charge in [0.05, 0.1) is 0 Å². The molecule has 0 saturated carbocycles. The van der Waals surface area contributed by atoms with Crippen molar-refractivity contribution >= 4 is 47.4 Å². The van der Waals surface area contributed by atoms with Gasteiger partial charge in [0.25, 0.3) is 0 Å². The van der Waals surface area contributed by atoms with Crippen molar-refractivity contribution < 1.29 is 63.4 Å². The van der Waals surface area contributed by atoms with Gasteiger partial charge in [-0.2, -0.15) is 0 Å². The Hall–Kier alpha value is -2.61. The van der Waals surface area contributed by atoms with E-state index < -0.39 is 63.9 Å². The summed E-state index contributed by atoms with van der Waals surface area (Å²) in [7, 11) is 0. The van der Waals surface area contributed by atoms with Crippen molar-refractivity contribution in [1.29, 1.82) is 0 Å². The van der Waals surface area contributed by atoms with Crippen molar-refractivity contribution in [3.8, 4) is 0 Å². The summed E-state index contributed by atoms with van der Waals surface area (Å²) in [6.45, 7) is 5.67. The van der Waals surface area contributed by atoms with E-state index in [1.54, 1.807) is 51.1 Å². The molecular formula is C23H27N5NaO7S+. The molecule has 0 bridgehead atoms. The second-order valence-electron chi connectivity index (χ2n) is 9.22. The monoisotopic (exact) mass is 540 g/mol. The van der Waals surface area contributed by atoms with Crippen molar-refractivity contribution in [3.63, 3.8) is 0 Å². The molecular weight excluding hydrogens is 513 g/mol. The molecule has 4 rings (SSSR count). The molecule has 0 spiro atoms. The minimum atomic E-state index is -1.26. The van der Waals surface area contributed by atoms with Crippen LogP contribution in [0.25, 0.3) is 0 Å². The van der Waals surface area contributed by atoms with Gasteiger partial charge in [0.1, 0.15) is 23.5 Å². The first kappa shape index (κ1) is 29.0. The Balaban J connectivity index is 0.00000380. The van der Waals surface area contributed by atoms with Crippen LogP contribution in [0.3, 0.4) is 0 Å². The molecule has 37 heavy (non-hydrogen) atoms. The summed E-state index contributed by atoms with van der Waals surface area (Å²) in [5, 5.41) is 14.2. The van der Waals surface area contributed by atoms with E-state index in [-0.39, 0.29) is 42.6 Å². The number of piperazine rings is 1. The molecule has 3 saturated heterocycles. The number of carboxylic acids is 1. The van der Waals surface area contributed by atoms with Gasteiger partial charge < -0.3 is 25.5 Å². The second-order valence-corrected chi connectivity index (χ2v) is 11.0. The van der Waals surface area contributed by atoms with Gasteiger partial charge in [-0.15, -0.1) is 11.8 Å². The van der Waals surface area contributed by atoms with Gasteiger partial charge in [-0.3, -0.25) is 24.1 Å². The van der Waals surface area contributed by atoms with Crippen LogP contribution in [-0.2, 0) is 24.0 Å². The van der Waals surface area contributed by atoms with Crippen LogP contribution >= 0.6 is 11.8 Å². The molecule has 3 aliphatic rings. The Bertz CT molecular complexity index is 1130. The van der Waals surface area contributed by atoms with Gasteiger partial charge in [-0.1, -0.05) is 30.3 Å². The molecule has 192 valence electrons. The molecule has 3 heterocycles. The van der Waals surface area contributed by atoms with Crippen LogP contribution in [0.15, 0.2) is 30.3 Å². The molecule has 3 fully saturated rings. The summed E-state index contributed by atoms with van der Waals surface area (Å²) in [6.07, 6.45) is 0. The maximum absolute atomic E-state index is 13.3. The number of hydrogen-bond acceptors (Lipinski definition) is 7. The van der Waals surface area contributed by atoms with Crippen molar-refractivity contribution in [3.05, 3.63) is 35.9 Å². The predicted molar refractivity (Wildman–Crippen MR) is 127 cm³/mol. The first-order valence-corrected chi connectivity index (χ1v) is 12.3. The number of rotatable bonds is 6. The van der Waals surface area contributed by atoms with E-state index in [2.05, 4.69) is 10.6 Å². The standard InChI is InChI=1S/C23H27N5O7S.Na/c1-4-26-10-11-27(19(32)18(26)31)22(35)25-13(12-8-6-5-7-9-12)16(29)24-14-17(30)28-15(21(33)34)23(2,3)36-20(14)28;/h5-9,13-15,20H,4,10-11H2,1-3H3,(H,24,29)(H,25,35)(H,33,34);/q;+1/t13?,14-,15+,20-;/m1./s1. The normalized spacial score (nSPS) is 25.0. The smallest absolute Gasteiger partial charge is 0.480 e. The van der Waals surface area contributed by atoms with Gasteiger partial charge >= 0.3 is 53.4 Å². The number of aliphatic carboxylic acids is 1. The molecule has 1 aromatic carbocycles. The number of benzene rings is 1. The van der Waals surface area contributed by atoms with Crippen LogP contribution in [0.5, 0.6) is 0 Å². The Morgan fingerprint density at radius 1 is 1.11 bits per heavy atom. The molecule has 0 aliphatic carbocycles. The first-order chi connectivity index (χ1) is 17.0. The maximum Gasteiger partial charge on any atom is 1.00 e. The fourth-order valence-corrected chi connectivity index (χ4v) is 6.32. The van der Waals surface area contributed by atoms with Crippen LogP contribution in [0, 0.1) is 0 Å². The third-order valence-electron chi connectivity index (χ3n) is 6.57. The Morgan fingerprint density at radius 3 is 2.35 bits per heavy atom. The van der Waals surface area contributed by atoms with E-state index in [0.29, 0.717) is 12.1 Å². The molecule has 3 N–H and O–H groups in total. The van der Waals surface area contributed by atoms with Crippen LogP contribution in [-0.4, -0.2) is 97.3 Å². The van der Waals surface area contributed by atoms with Crippen LogP contribution in [0.4, 0.5) is 4.79 Å². The number of carboxylic acid groups (broad SMARTS) is 1. The fourth-order valence-electron chi connectivity index (χ4n) is 4.70. The van der Waals surface area contributed by atoms with Gasteiger partial charge in [0, 0.05) is 24.4 Å². The number of likely N-dealkylation sites (N-methyl/N-ethyl adjacent to an activating group) is 1. The van der Waals surface area contributed by atoms with E-state index in [4.69, 9.17) is 0 Å². The molecule has 3 aliphatic heterocycles. The number of fused-ring (bicyclic) bond motifs is 1. The van der Waals surface area contributed by atoms with E-state index in [1.165, 1.54) is 21.6 Å². The van der Waals surface area contributed by atoms with Crippen molar-refractivity contribution in [2.45, 2.75) is 49.0 Å². The number of carbonyl (C=O) groups is 6. The van der Waals surface area contributed by atoms with Crippen LogP contribution in [0.2, 0.25) is 0 Å². The number of amides is 6. The molecule has 0 radical (unpaired) electrons. The number of carbonyl (C=O) groups excluding carboxylic acids is 5. The molecule has 0 aromatic heterocycles. The second kappa shape index (κ2) is 11.0. The predicted octanol–water partition coefficient (Wildman–Crippen LogP) is -3.24. The van der Waals surface area contributed by atoms with Crippen molar-refractivity contribution in [1.82, 2.24) is 25.3 Å². The topological polar surface area (TPSA) is 156 Å². The Kier molecular flexibility index (Phi) is 8.62. The zero-order chi connectivity index (χ0) is 26.4. The third-order valence-corrected chi connectivity index (χ3v) is 8.14. The van der Waals surface area contributed by atoms with Crippen molar-refractivity contribution in [2.75, 3.05) is 19.6 Å². The summed E-state index contributed by atoms with van der Waals surface area (Å²) in [6, 6.07) is 4.11. The van der Waals surface area contributed by atoms with Crippen LogP contribution < -0.4 is 40.2 Å². The summed E-state index contributed by atoms with van der Waals surface area (Å²) < 4.78 is -0.758. The average Bonchev–Trinajstić information content (AvgIpc) is 3.10. The minimum Gasteiger partial charge on any atom is -0.480 e. The number of β-lactam (4-membered cyclic amide) rings is 1. The quantitative estimate of drug-likeness (QED) is 0.193. The third kappa shape index (κ3) is 5.22. The van der Waals surface area contributed by atoms with Crippen LogP contribution in [0.1, 0.15) is 32.4 Å². The largest absolute Gasteiger partial charge is 1.00 e. The number of urea groups is 1. The van der Waals surface area contributed by atoms with E-state index in [9.17, 15) is 33.9 Å². The maximum atomic E-state index is 13.3. The zero-order valence-corrected chi connectivity index (χ0v) is 23.8. The Labute approximate surface area is 239 Å². The summed E-state index contributed by atoms with van der Waals surface area (Å²) in [4.78, 5) is 78.8. The van der Waals surface area contributed by atoms with Gasteiger partial charge in [-0.25, -0.2) is 9.59 Å². The number of nitrogens with one attached hydrogen (secondary N) is 2. The number of nitrogens with zero attached hydrogens (tertiary/aromatic N) is 3. The molecule has 6 amide bonds. The Morgan fingerprint density at radius 2 is 1.76 bits per heavy atom. The van der Waals surface area contributed by atoms with Gasteiger partial charge in [-0.05, 0) is 26.3 Å². The van der Waals surface area contributed by atoms with E-state index >= 15 is 0 Å². The number of hydrogen-bond donors (Lipinski definition) is 3. The fraction of sp³-hybridized carbons (Fsp3) is 0.478. The van der Waals surface area contributed by atoms with Gasteiger partial charge in [0.2, 0.25) is 11.8 Å². The average molecular weight is 541 g/mol. The summed E-state index contributed by atoms with van der Waals surface area (Å²) >= 11 is 1.28. The molecule has 1 aromatic rings. The summed E-state index contributed by atoms with van der Waals surface area (Å²) in [5.41, 5.74) is 0.403. The van der Waals surface area contributed by atoms with Crippen molar-refractivity contribution in [2.24, 2.45) is 0 Å². The number of imide groups is 1. The van der Waals surface area contributed by atoms with Gasteiger partial charge in [0.15, 0.2) is 0 Å². The number of thioether (sulfide) groups is 1. The molecule has 4 atom stereocenters. The van der Waals surface area contributed by atoms with E-state index in [1.807, 2.05) is 0 Å². The van der Waals surface area contributed by atoms with E-state index in [0.717, 1.165) is 4.90 Å². The SMILES string of the molecule is CCN1CCN(C(=O)NC(C(=O)N[C@@H]2C(=O)N3[C@@H]2SC(C)(C)[C@@H]3C(=O)O)c2ccccc2)C(=O)C1=O.[Na+]. The first-order valence-electron chi connectivity index (χ1n) is 11.5. The zero-order valence-electron chi connectivity index (χ0n) is 21.0. The molecule has 1 unspecified atom stereocenters. The minimum absolute atomic E-state index is 0. The molecule has 12 nitrogen and oxygen atoms in total. The summed E-state index contributed by atoms with van der Waals surface area (Å²) in [5.74, 6) is -4.12. The molecule has 14 heteroatoms.